The number of thioether (sulfide) groups is 1. The van der Waals surface area contributed by atoms with Crippen molar-refractivity contribution in [2.24, 2.45) is 11.7 Å². The molecule has 0 saturated carbocycles. The summed E-state index contributed by atoms with van der Waals surface area (Å²) in [6, 6.07) is 8.54. The summed E-state index contributed by atoms with van der Waals surface area (Å²) in [5.41, 5.74) is 5.70. The molecule has 0 bridgehead atoms. The van der Waals surface area contributed by atoms with Gasteiger partial charge >= 0.3 is 0 Å². The number of benzene rings is 1. The molecular weight excluding hydrogens is 336 g/mol. The van der Waals surface area contributed by atoms with Crippen LogP contribution in [-0.4, -0.2) is 35.7 Å². The molecular formula is C15H21BrN2OS. The number of likely N-dealkylation sites (tertiary alicyclic amines) is 1. The summed E-state index contributed by atoms with van der Waals surface area (Å²) in [4.78, 5) is 15.4. The molecule has 0 aromatic heterocycles. The maximum atomic E-state index is 12.2. The van der Waals surface area contributed by atoms with Crippen molar-refractivity contribution < 1.29 is 4.79 Å². The standard InChI is InChI=1S/C15H21BrN2OS/c1-11-8-12(9-17)10-18(11)15(19)6-7-20-14-4-2-13(16)3-5-14/h2-5,11-12H,6-10,17H2,1H3. The summed E-state index contributed by atoms with van der Waals surface area (Å²) >= 11 is 5.15. The summed E-state index contributed by atoms with van der Waals surface area (Å²) in [6.07, 6.45) is 1.64. The van der Waals surface area contributed by atoms with Gasteiger partial charge in [0.2, 0.25) is 5.91 Å². The molecule has 110 valence electrons. The lowest BCUT2D eigenvalue weighted by Gasteiger charge is -2.21. The Labute approximate surface area is 133 Å². The van der Waals surface area contributed by atoms with Gasteiger partial charge in [-0.15, -0.1) is 11.8 Å². The Bertz CT molecular complexity index is 452. The second-order valence-electron chi connectivity index (χ2n) is 5.28. The van der Waals surface area contributed by atoms with E-state index in [2.05, 4.69) is 35.0 Å². The summed E-state index contributed by atoms with van der Waals surface area (Å²) in [6.45, 7) is 3.64. The molecule has 1 amide bonds. The number of carbonyl (C=O) groups is 1. The van der Waals surface area contributed by atoms with Gasteiger partial charge in [-0.1, -0.05) is 15.9 Å². The molecule has 0 radical (unpaired) electrons. The van der Waals surface area contributed by atoms with Crippen LogP contribution in [0.2, 0.25) is 0 Å². The summed E-state index contributed by atoms with van der Waals surface area (Å²) in [5, 5.41) is 0. The van der Waals surface area contributed by atoms with Crippen LogP contribution in [-0.2, 0) is 4.79 Å². The van der Waals surface area contributed by atoms with Crippen LogP contribution in [0.1, 0.15) is 19.8 Å². The number of amides is 1. The zero-order valence-corrected chi connectivity index (χ0v) is 14.1. The van der Waals surface area contributed by atoms with E-state index >= 15 is 0 Å². The minimum Gasteiger partial charge on any atom is -0.340 e. The molecule has 0 spiro atoms. The van der Waals surface area contributed by atoms with Crippen molar-refractivity contribution in [1.29, 1.82) is 0 Å². The lowest BCUT2D eigenvalue weighted by atomic mass is 10.1. The Morgan fingerprint density at radius 3 is 2.75 bits per heavy atom. The number of nitrogens with two attached hydrogens (primary N) is 1. The molecule has 20 heavy (non-hydrogen) atoms. The van der Waals surface area contributed by atoms with E-state index in [9.17, 15) is 4.79 Å². The average molecular weight is 357 g/mol. The van der Waals surface area contributed by atoms with Gasteiger partial charge in [-0.25, -0.2) is 0 Å². The molecule has 5 heteroatoms. The topological polar surface area (TPSA) is 46.3 Å². The molecule has 2 unspecified atom stereocenters. The van der Waals surface area contributed by atoms with Crippen molar-refractivity contribution in [2.75, 3.05) is 18.8 Å². The molecule has 1 fully saturated rings. The number of carbonyl (C=O) groups excluding carboxylic acids is 1. The number of rotatable bonds is 5. The molecule has 2 N–H and O–H groups in total. The highest BCUT2D eigenvalue weighted by molar-refractivity contribution is 9.10. The molecule has 1 aromatic carbocycles. The van der Waals surface area contributed by atoms with E-state index in [1.807, 2.05) is 17.0 Å². The number of halogens is 1. The van der Waals surface area contributed by atoms with E-state index in [-0.39, 0.29) is 5.91 Å². The Kier molecular flexibility index (Phi) is 5.93. The zero-order valence-electron chi connectivity index (χ0n) is 11.7. The van der Waals surface area contributed by atoms with Gasteiger partial charge in [0.1, 0.15) is 0 Å². The lowest BCUT2D eigenvalue weighted by Crippen LogP contribution is -2.34. The molecule has 2 atom stereocenters. The number of hydrogen-bond acceptors (Lipinski definition) is 3. The first-order chi connectivity index (χ1) is 9.60. The van der Waals surface area contributed by atoms with Gasteiger partial charge in [0.25, 0.3) is 0 Å². The van der Waals surface area contributed by atoms with Crippen LogP contribution in [0.3, 0.4) is 0 Å². The Morgan fingerprint density at radius 1 is 1.45 bits per heavy atom. The number of hydrogen-bond donors (Lipinski definition) is 1. The van der Waals surface area contributed by atoms with Crippen molar-refractivity contribution >= 4 is 33.6 Å². The summed E-state index contributed by atoms with van der Waals surface area (Å²) in [5.74, 6) is 1.57. The van der Waals surface area contributed by atoms with Crippen molar-refractivity contribution in [3.05, 3.63) is 28.7 Å². The predicted molar refractivity (Wildman–Crippen MR) is 87.8 cm³/mol. The first kappa shape index (κ1) is 15.9. The van der Waals surface area contributed by atoms with E-state index in [0.717, 1.165) is 23.2 Å². The monoisotopic (exact) mass is 356 g/mol. The van der Waals surface area contributed by atoms with Crippen molar-refractivity contribution in [3.8, 4) is 0 Å². The third kappa shape index (κ3) is 4.24. The maximum absolute atomic E-state index is 12.2. The molecule has 1 aliphatic rings. The minimum absolute atomic E-state index is 0.262. The first-order valence-corrected chi connectivity index (χ1v) is 8.76. The van der Waals surface area contributed by atoms with Crippen LogP contribution >= 0.6 is 27.7 Å². The smallest absolute Gasteiger partial charge is 0.223 e. The lowest BCUT2D eigenvalue weighted by molar-refractivity contribution is -0.131. The number of nitrogens with zero attached hydrogens (tertiary/aromatic N) is 1. The Balaban J connectivity index is 1.76. The van der Waals surface area contributed by atoms with Crippen molar-refractivity contribution in [1.82, 2.24) is 4.90 Å². The molecule has 1 aliphatic heterocycles. The highest BCUT2D eigenvalue weighted by Crippen LogP contribution is 2.25. The average Bonchev–Trinajstić information content (AvgIpc) is 2.82. The molecule has 1 saturated heterocycles. The largest absolute Gasteiger partial charge is 0.340 e. The van der Waals surface area contributed by atoms with Crippen molar-refractivity contribution in [3.63, 3.8) is 0 Å². The van der Waals surface area contributed by atoms with Crippen LogP contribution in [0.5, 0.6) is 0 Å². The van der Waals surface area contributed by atoms with Crippen molar-refractivity contribution in [2.45, 2.75) is 30.7 Å². The Hall–Kier alpha value is -0.520. The van der Waals surface area contributed by atoms with Gasteiger partial charge in [-0.3, -0.25) is 4.79 Å². The van der Waals surface area contributed by atoms with Crippen LogP contribution in [0, 0.1) is 5.92 Å². The van der Waals surface area contributed by atoms with E-state index in [4.69, 9.17) is 5.73 Å². The second-order valence-corrected chi connectivity index (χ2v) is 7.37. The quantitative estimate of drug-likeness (QED) is 0.824. The first-order valence-electron chi connectivity index (χ1n) is 6.98. The van der Waals surface area contributed by atoms with Gasteiger partial charge in [0.05, 0.1) is 0 Å². The summed E-state index contributed by atoms with van der Waals surface area (Å²) in [7, 11) is 0. The van der Waals surface area contributed by atoms with E-state index in [0.29, 0.717) is 24.9 Å². The highest BCUT2D eigenvalue weighted by Gasteiger charge is 2.30. The Morgan fingerprint density at radius 2 is 2.15 bits per heavy atom. The molecule has 0 aliphatic carbocycles. The SMILES string of the molecule is CC1CC(CN)CN1C(=O)CCSc1ccc(Br)cc1. The van der Waals surface area contributed by atoms with Crippen LogP contribution in [0.25, 0.3) is 0 Å². The molecule has 1 heterocycles. The summed E-state index contributed by atoms with van der Waals surface area (Å²) < 4.78 is 1.08. The minimum atomic E-state index is 0.262. The highest BCUT2D eigenvalue weighted by atomic mass is 79.9. The fraction of sp³-hybridized carbons (Fsp3) is 0.533. The van der Waals surface area contributed by atoms with E-state index in [1.165, 1.54) is 4.90 Å². The molecule has 2 rings (SSSR count). The van der Waals surface area contributed by atoms with Gasteiger partial charge < -0.3 is 10.6 Å². The van der Waals surface area contributed by atoms with Gasteiger partial charge in [-0.2, -0.15) is 0 Å². The fourth-order valence-corrected chi connectivity index (χ4v) is 3.70. The van der Waals surface area contributed by atoms with Gasteiger partial charge in [0.15, 0.2) is 0 Å². The van der Waals surface area contributed by atoms with Crippen LogP contribution in [0.15, 0.2) is 33.6 Å². The van der Waals surface area contributed by atoms with Gasteiger partial charge in [-0.05, 0) is 50.1 Å². The maximum Gasteiger partial charge on any atom is 0.223 e. The van der Waals surface area contributed by atoms with E-state index in [1.54, 1.807) is 11.8 Å². The predicted octanol–water partition coefficient (Wildman–Crippen LogP) is 3.13. The molecule has 3 nitrogen and oxygen atoms in total. The third-order valence-corrected chi connectivity index (χ3v) is 5.26. The van der Waals surface area contributed by atoms with Crippen LogP contribution in [0.4, 0.5) is 0 Å². The zero-order chi connectivity index (χ0) is 14.5. The van der Waals surface area contributed by atoms with Gasteiger partial charge in [0, 0.05) is 34.1 Å². The third-order valence-electron chi connectivity index (χ3n) is 3.71. The fourth-order valence-electron chi connectivity index (χ4n) is 2.59. The van der Waals surface area contributed by atoms with Crippen LogP contribution < -0.4 is 5.73 Å². The molecule has 1 aromatic rings. The second kappa shape index (κ2) is 7.48. The van der Waals surface area contributed by atoms with E-state index < -0.39 is 0 Å². The normalized spacial score (nSPS) is 22.2.